The van der Waals surface area contributed by atoms with E-state index in [0.29, 0.717) is 39.9 Å². The van der Waals surface area contributed by atoms with E-state index in [1.165, 1.54) is 21.3 Å². The molecule has 3 aromatic carbocycles. The topological polar surface area (TPSA) is 113 Å². The summed E-state index contributed by atoms with van der Waals surface area (Å²) >= 11 is 0. The van der Waals surface area contributed by atoms with Crippen LogP contribution in [0, 0.1) is 6.92 Å². The molecule has 4 aromatic rings. The molecule has 4 rings (SSSR count). The first-order chi connectivity index (χ1) is 16.3. The fourth-order valence-corrected chi connectivity index (χ4v) is 4.34. The highest BCUT2D eigenvalue weighted by molar-refractivity contribution is 7.92. The number of nitrogens with zero attached hydrogens (tertiary/aromatic N) is 2. The van der Waals surface area contributed by atoms with E-state index in [9.17, 15) is 8.42 Å². The number of sulfonamides is 1. The van der Waals surface area contributed by atoms with Crippen molar-refractivity contribution in [1.82, 2.24) is 10.1 Å². The molecule has 0 saturated heterocycles. The van der Waals surface area contributed by atoms with Gasteiger partial charge in [0.15, 0.2) is 11.5 Å². The monoisotopic (exact) mass is 481 g/mol. The number of aromatic nitrogens is 2. The van der Waals surface area contributed by atoms with Crippen molar-refractivity contribution in [2.24, 2.45) is 0 Å². The molecule has 0 spiro atoms. The zero-order chi connectivity index (χ0) is 24.3. The molecule has 10 heteroatoms. The number of hydrogen-bond acceptors (Lipinski definition) is 8. The Morgan fingerprint density at radius 1 is 0.824 bits per heavy atom. The van der Waals surface area contributed by atoms with Gasteiger partial charge in [-0.05, 0) is 55.5 Å². The third-order valence-corrected chi connectivity index (χ3v) is 6.46. The summed E-state index contributed by atoms with van der Waals surface area (Å²) in [5.41, 5.74) is 2.64. The van der Waals surface area contributed by atoms with E-state index in [4.69, 9.17) is 18.7 Å². The molecule has 9 nitrogen and oxygen atoms in total. The van der Waals surface area contributed by atoms with Gasteiger partial charge < -0.3 is 18.7 Å². The number of ether oxygens (including phenoxy) is 3. The molecular formula is C24H23N3O6S. The average molecular weight is 482 g/mol. The number of benzene rings is 3. The molecule has 0 aliphatic carbocycles. The van der Waals surface area contributed by atoms with Gasteiger partial charge in [-0.15, -0.1) is 0 Å². The number of anilines is 1. The largest absolute Gasteiger partial charge is 0.493 e. The molecule has 0 unspecified atom stereocenters. The Labute approximate surface area is 197 Å². The minimum Gasteiger partial charge on any atom is -0.493 e. The van der Waals surface area contributed by atoms with Crippen LogP contribution in [0.3, 0.4) is 0 Å². The number of hydrogen-bond donors (Lipinski definition) is 1. The van der Waals surface area contributed by atoms with Crippen LogP contribution in [0.4, 0.5) is 5.69 Å². The predicted octanol–water partition coefficient (Wildman–Crippen LogP) is 4.54. The van der Waals surface area contributed by atoms with E-state index in [-0.39, 0.29) is 10.8 Å². The smallest absolute Gasteiger partial charge is 0.261 e. The molecule has 0 aliphatic rings. The number of nitrogens with one attached hydrogen (secondary N) is 1. The number of aryl methyl sites for hydroxylation is 1. The van der Waals surface area contributed by atoms with Crippen LogP contribution in [-0.2, 0) is 10.0 Å². The van der Waals surface area contributed by atoms with Crippen molar-refractivity contribution in [1.29, 1.82) is 0 Å². The summed E-state index contributed by atoms with van der Waals surface area (Å²) in [6.45, 7) is 1.90. The van der Waals surface area contributed by atoms with Crippen molar-refractivity contribution in [3.05, 3.63) is 66.2 Å². The third-order valence-electron chi connectivity index (χ3n) is 5.06. The van der Waals surface area contributed by atoms with Gasteiger partial charge in [0.25, 0.3) is 15.9 Å². The van der Waals surface area contributed by atoms with E-state index in [0.717, 1.165) is 5.56 Å². The molecule has 34 heavy (non-hydrogen) atoms. The lowest BCUT2D eigenvalue weighted by Gasteiger charge is -2.12. The van der Waals surface area contributed by atoms with Gasteiger partial charge in [-0.3, -0.25) is 4.72 Å². The van der Waals surface area contributed by atoms with Gasteiger partial charge >= 0.3 is 0 Å². The van der Waals surface area contributed by atoms with Crippen molar-refractivity contribution in [2.75, 3.05) is 26.1 Å². The van der Waals surface area contributed by atoms with E-state index < -0.39 is 10.0 Å². The van der Waals surface area contributed by atoms with Crippen molar-refractivity contribution >= 4 is 15.7 Å². The van der Waals surface area contributed by atoms with Gasteiger partial charge in [0.1, 0.15) is 0 Å². The zero-order valence-electron chi connectivity index (χ0n) is 19.0. The molecule has 0 radical (unpaired) electrons. The minimum absolute atomic E-state index is 0.190. The lowest BCUT2D eigenvalue weighted by Crippen LogP contribution is -2.12. The van der Waals surface area contributed by atoms with Crippen molar-refractivity contribution in [3.63, 3.8) is 0 Å². The van der Waals surface area contributed by atoms with Crippen LogP contribution in [0.1, 0.15) is 5.56 Å². The van der Waals surface area contributed by atoms with E-state index in [1.807, 2.05) is 6.92 Å². The van der Waals surface area contributed by atoms with Crippen LogP contribution in [0.25, 0.3) is 22.8 Å². The lowest BCUT2D eigenvalue weighted by atomic mass is 10.1. The summed E-state index contributed by atoms with van der Waals surface area (Å²) in [5.74, 6) is 1.98. The first-order valence-corrected chi connectivity index (χ1v) is 11.7. The Balaban J connectivity index is 1.56. The van der Waals surface area contributed by atoms with Gasteiger partial charge in [-0.1, -0.05) is 22.9 Å². The zero-order valence-corrected chi connectivity index (χ0v) is 19.8. The Morgan fingerprint density at radius 3 is 2.00 bits per heavy atom. The highest BCUT2D eigenvalue weighted by Crippen LogP contribution is 2.41. The summed E-state index contributed by atoms with van der Waals surface area (Å²) < 4.78 is 49.3. The first-order valence-electron chi connectivity index (χ1n) is 10.2. The summed E-state index contributed by atoms with van der Waals surface area (Å²) in [5, 5.41) is 4.04. The maximum Gasteiger partial charge on any atom is 0.261 e. The van der Waals surface area contributed by atoms with Gasteiger partial charge in [-0.2, -0.15) is 4.98 Å². The SMILES string of the molecule is COc1cc(-c2nc(-c3ccc(NS(=O)(=O)c4ccc(C)cc4)cc3)no2)cc(OC)c1OC. The van der Waals surface area contributed by atoms with E-state index in [2.05, 4.69) is 14.9 Å². The molecular weight excluding hydrogens is 458 g/mol. The third kappa shape index (κ3) is 4.67. The van der Waals surface area contributed by atoms with Crippen LogP contribution in [0.2, 0.25) is 0 Å². The van der Waals surface area contributed by atoms with Gasteiger partial charge in [0.05, 0.1) is 26.2 Å². The summed E-state index contributed by atoms with van der Waals surface area (Å²) in [4.78, 5) is 4.64. The van der Waals surface area contributed by atoms with Crippen molar-refractivity contribution < 1.29 is 27.2 Å². The van der Waals surface area contributed by atoms with Gasteiger partial charge in [0.2, 0.25) is 11.6 Å². The average Bonchev–Trinajstić information content (AvgIpc) is 3.34. The Bertz CT molecular complexity index is 1370. The molecule has 176 valence electrons. The summed E-state index contributed by atoms with van der Waals surface area (Å²) in [7, 11) is 0.876. The highest BCUT2D eigenvalue weighted by atomic mass is 32.2. The molecule has 0 saturated carbocycles. The fraction of sp³-hybridized carbons (Fsp3) is 0.167. The molecule has 0 fully saturated rings. The predicted molar refractivity (Wildman–Crippen MR) is 127 cm³/mol. The fourth-order valence-electron chi connectivity index (χ4n) is 3.28. The number of methoxy groups -OCH3 is 3. The van der Waals surface area contributed by atoms with Crippen molar-refractivity contribution in [2.45, 2.75) is 11.8 Å². The molecule has 1 aromatic heterocycles. The maximum absolute atomic E-state index is 12.6. The van der Waals surface area contributed by atoms with Gasteiger partial charge in [0, 0.05) is 16.8 Å². The Hall–Kier alpha value is -4.05. The Morgan fingerprint density at radius 2 is 1.44 bits per heavy atom. The molecule has 1 N–H and O–H groups in total. The van der Waals surface area contributed by atoms with Crippen LogP contribution in [0.15, 0.2) is 70.1 Å². The molecule has 1 heterocycles. The van der Waals surface area contributed by atoms with Crippen molar-refractivity contribution in [3.8, 4) is 40.1 Å². The standard InChI is InChI=1S/C24H23N3O6S/c1-15-5-11-19(12-6-15)34(28,29)27-18-9-7-16(8-10-18)23-25-24(33-26-23)17-13-20(30-2)22(32-4)21(14-17)31-3/h5-14,27H,1-4H3. The van der Waals surface area contributed by atoms with Crippen LogP contribution >= 0.6 is 0 Å². The normalized spacial score (nSPS) is 11.2. The second-order valence-electron chi connectivity index (χ2n) is 7.33. The second-order valence-corrected chi connectivity index (χ2v) is 9.02. The minimum atomic E-state index is -3.69. The molecule has 0 amide bonds. The highest BCUT2D eigenvalue weighted by Gasteiger charge is 2.19. The Kier molecular flexibility index (Phi) is 6.42. The van der Waals surface area contributed by atoms with Gasteiger partial charge in [-0.25, -0.2) is 8.42 Å². The van der Waals surface area contributed by atoms with Crippen LogP contribution in [-0.4, -0.2) is 39.9 Å². The molecule has 0 bridgehead atoms. The first kappa shape index (κ1) is 23.1. The summed E-state index contributed by atoms with van der Waals surface area (Å²) in [6, 6.07) is 16.7. The molecule has 0 atom stereocenters. The van der Waals surface area contributed by atoms with Crippen LogP contribution < -0.4 is 18.9 Å². The van der Waals surface area contributed by atoms with E-state index in [1.54, 1.807) is 60.7 Å². The maximum atomic E-state index is 12.6. The van der Waals surface area contributed by atoms with E-state index >= 15 is 0 Å². The molecule has 0 aliphatic heterocycles. The second kappa shape index (κ2) is 9.44. The summed E-state index contributed by atoms with van der Waals surface area (Å²) in [6.07, 6.45) is 0. The number of rotatable bonds is 8. The quantitative estimate of drug-likeness (QED) is 0.390. The lowest BCUT2D eigenvalue weighted by molar-refractivity contribution is 0.324. The van der Waals surface area contributed by atoms with Crippen LogP contribution in [0.5, 0.6) is 17.2 Å².